The first-order chi connectivity index (χ1) is 9.81. The van der Waals surface area contributed by atoms with E-state index < -0.39 is 0 Å². The molecule has 0 saturated carbocycles. The molecular formula is C16H20N2OS. The average molecular weight is 288 g/mol. The Labute approximate surface area is 124 Å². The minimum Gasteiger partial charge on any atom is -0.493 e. The fourth-order valence-corrected chi connectivity index (χ4v) is 3.58. The third-order valence-corrected chi connectivity index (χ3v) is 4.69. The van der Waals surface area contributed by atoms with Crippen LogP contribution in [0.1, 0.15) is 41.1 Å². The number of benzene rings is 1. The summed E-state index contributed by atoms with van der Waals surface area (Å²) >= 11 is 1.72. The lowest BCUT2D eigenvalue weighted by Crippen LogP contribution is -2.23. The Hall–Kier alpha value is -1.39. The van der Waals surface area contributed by atoms with Gasteiger partial charge in [-0.2, -0.15) is 0 Å². The van der Waals surface area contributed by atoms with Crippen molar-refractivity contribution in [2.24, 2.45) is 0 Å². The molecule has 2 aromatic rings. The molecule has 1 aromatic carbocycles. The zero-order valence-corrected chi connectivity index (χ0v) is 12.8. The summed E-state index contributed by atoms with van der Waals surface area (Å²) in [5.74, 6) is 1.08. The van der Waals surface area contributed by atoms with E-state index in [9.17, 15) is 0 Å². The highest BCUT2D eigenvalue weighted by Gasteiger charge is 2.25. The average Bonchev–Trinajstić information content (AvgIpc) is 3.09. The number of ether oxygens (including phenoxy) is 1. The van der Waals surface area contributed by atoms with Gasteiger partial charge in [-0.15, -0.1) is 11.3 Å². The Kier molecular flexibility index (Phi) is 4.03. The summed E-state index contributed by atoms with van der Waals surface area (Å²) in [6.45, 7) is 6.06. The molecule has 0 bridgehead atoms. The van der Waals surface area contributed by atoms with Crippen molar-refractivity contribution in [3.05, 3.63) is 45.4 Å². The summed E-state index contributed by atoms with van der Waals surface area (Å²) in [5, 5.41) is 3.65. The predicted octanol–water partition coefficient (Wildman–Crippen LogP) is 3.48. The Morgan fingerprint density at radius 1 is 1.45 bits per heavy atom. The molecule has 0 aliphatic carbocycles. The van der Waals surface area contributed by atoms with Crippen LogP contribution < -0.4 is 10.1 Å². The van der Waals surface area contributed by atoms with E-state index in [0.29, 0.717) is 0 Å². The molecule has 1 aromatic heterocycles. The number of hydrogen-bond acceptors (Lipinski definition) is 4. The normalized spacial score (nSPS) is 14.9. The number of aromatic nitrogens is 1. The van der Waals surface area contributed by atoms with Gasteiger partial charge < -0.3 is 10.1 Å². The summed E-state index contributed by atoms with van der Waals surface area (Å²) in [6.07, 6.45) is 2.13. The van der Waals surface area contributed by atoms with Gasteiger partial charge in [0.2, 0.25) is 0 Å². The summed E-state index contributed by atoms with van der Waals surface area (Å²) in [6, 6.07) is 6.68. The number of para-hydroxylation sites is 1. The van der Waals surface area contributed by atoms with Crippen LogP contribution in [-0.2, 0) is 6.42 Å². The van der Waals surface area contributed by atoms with Crippen LogP contribution in [0.4, 0.5) is 0 Å². The molecule has 1 aliphatic rings. The van der Waals surface area contributed by atoms with Crippen molar-refractivity contribution < 1.29 is 4.74 Å². The molecule has 4 heteroatoms. The second kappa shape index (κ2) is 5.94. The van der Waals surface area contributed by atoms with Crippen molar-refractivity contribution in [2.75, 3.05) is 13.2 Å². The first-order valence-corrected chi connectivity index (χ1v) is 8.07. The first kappa shape index (κ1) is 13.6. The van der Waals surface area contributed by atoms with Crippen LogP contribution in [0, 0.1) is 6.92 Å². The van der Waals surface area contributed by atoms with E-state index in [-0.39, 0.29) is 6.04 Å². The van der Waals surface area contributed by atoms with Crippen molar-refractivity contribution in [1.29, 1.82) is 0 Å². The van der Waals surface area contributed by atoms with Crippen LogP contribution in [0.15, 0.2) is 23.7 Å². The number of hydrogen-bond donors (Lipinski definition) is 1. The van der Waals surface area contributed by atoms with Gasteiger partial charge in [0.15, 0.2) is 0 Å². The lowest BCUT2D eigenvalue weighted by molar-refractivity contribution is 0.350. The molecule has 0 fully saturated rings. The highest BCUT2D eigenvalue weighted by molar-refractivity contribution is 7.09. The minimum absolute atomic E-state index is 0.190. The zero-order valence-electron chi connectivity index (χ0n) is 12.0. The monoisotopic (exact) mass is 288 g/mol. The van der Waals surface area contributed by atoms with Gasteiger partial charge in [0.25, 0.3) is 0 Å². The summed E-state index contributed by atoms with van der Waals surface area (Å²) in [5.41, 5.74) is 5.61. The van der Waals surface area contributed by atoms with Gasteiger partial charge in [-0.1, -0.05) is 25.1 Å². The van der Waals surface area contributed by atoms with Crippen LogP contribution in [0.5, 0.6) is 5.75 Å². The summed E-state index contributed by atoms with van der Waals surface area (Å²) < 4.78 is 5.87. The first-order valence-electron chi connectivity index (χ1n) is 7.19. The fraction of sp³-hybridized carbons (Fsp3) is 0.438. The molecule has 20 heavy (non-hydrogen) atoms. The van der Waals surface area contributed by atoms with E-state index in [2.05, 4.69) is 42.3 Å². The Morgan fingerprint density at radius 2 is 2.35 bits per heavy atom. The second-order valence-corrected chi connectivity index (χ2v) is 6.01. The fourth-order valence-electron chi connectivity index (χ4n) is 2.69. The molecule has 0 spiro atoms. The second-order valence-electron chi connectivity index (χ2n) is 5.12. The van der Waals surface area contributed by atoms with Crippen LogP contribution >= 0.6 is 11.3 Å². The highest BCUT2D eigenvalue weighted by atomic mass is 32.1. The number of aryl methyl sites for hydroxylation is 1. The van der Waals surface area contributed by atoms with Gasteiger partial charge in [0.1, 0.15) is 5.75 Å². The van der Waals surface area contributed by atoms with Gasteiger partial charge in [-0.05, 0) is 25.5 Å². The van der Waals surface area contributed by atoms with Gasteiger partial charge in [-0.3, -0.25) is 0 Å². The SMILES string of the molecule is CCCNC(c1cccc2c1OCC2)c1scnc1C. The van der Waals surface area contributed by atoms with Gasteiger partial charge in [-0.25, -0.2) is 4.98 Å². The van der Waals surface area contributed by atoms with Crippen molar-refractivity contribution in [1.82, 2.24) is 10.3 Å². The number of nitrogens with zero attached hydrogens (tertiary/aromatic N) is 1. The minimum atomic E-state index is 0.190. The highest BCUT2D eigenvalue weighted by Crippen LogP contribution is 2.38. The van der Waals surface area contributed by atoms with E-state index in [1.54, 1.807) is 11.3 Å². The largest absolute Gasteiger partial charge is 0.493 e. The number of thiazole rings is 1. The molecule has 0 amide bonds. The van der Waals surface area contributed by atoms with E-state index in [0.717, 1.165) is 37.4 Å². The molecule has 1 N–H and O–H groups in total. The molecule has 1 atom stereocenters. The smallest absolute Gasteiger partial charge is 0.127 e. The lowest BCUT2D eigenvalue weighted by Gasteiger charge is -2.20. The third-order valence-electron chi connectivity index (χ3n) is 3.70. The number of fused-ring (bicyclic) bond motifs is 1. The molecular weight excluding hydrogens is 268 g/mol. The van der Waals surface area contributed by atoms with Crippen LogP contribution in [0.3, 0.4) is 0 Å². The number of nitrogens with one attached hydrogen (secondary N) is 1. The van der Waals surface area contributed by atoms with Gasteiger partial charge >= 0.3 is 0 Å². The maximum absolute atomic E-state index is 5.87. The molecule has 3 rings (SSSR count). The van der Waals surface area contributed by atoms with Crippen LogP contribution in [0.25, 0.3) is 0 Å². The van der Waals surface area contributed by atoms with Gasteiger partial charge in [0.05, 0.1) is 23.9 Å². The molecule has 3 nitrogen and oxygen atoms in total. The Morgan fingerprint density at radius 3 is 3.10 bits per heavy atom. The van der Waals surface area contributed by atoms with Crippen molar-refractivity contribution in [3.63, 3.8) is 0 Å². The van der Waals surface area contributed by atoms with E-state index in [4.69, 9.17) is 4.74 Å². The topological polar surface area (TPSA) is 34.1 Å². The van der Waals surface area contributed by atoms with Crippen LogP contribution in [-0.4, -0.2) is 18.1 Å². The summed E-state index contributed by atoms with van der Waals surface area (Å²) in [4.78, 5) is 5.70. The summed E-state index contributed by atoms with van der Waals surface area (Å²) in [7, 11) is 0. The predicted molar refractivity (Wildman–Crippen MR) is 82.6 cm³/mol. The third kappa shape index (κ3) is 2.45. The van der Waals surface area contributed by atoms with E-state index >= 15 is 0 Å². The maximum Gasteiger partial charge on any atom is 0.127 e. The van der Waals surface area contributed by atoms with Crippen LogP contribution in [0.2, 0.25) is 0 Å². The maximum atomic E-state index is 5.87. The Balaban J connectivity index is 2.02. The Bertz CT molecular complexity index is 594. The zero-order chi connectivity index (χ0) is 13.9. The quantitative estimate of drug-likeness (QED) is 0.914. The molecule has 0 saturated heterocycles. The molecule has 1 unspecified atom stereocenters. The molecule has 2 heterocycles. The van der Waals surface area contributed by atoms with Gasteiger partial charge in [0, 0.05) is 16.9 Å². The molecule has 0 radical (unpaired) electrons. The number of rotatable bonds is 5. The standard InChI is InChI=1S/C16H20N2OS/c1-3-8-17-14(16-11(2)18-10-20-16)13-6-4-5-12-7-9-19-15(12)13/h4-6,10,14,17H,3,7-9H2,1-2H3. The van der Waals surface area contributed by atoms with Crippen molar-refractivity contribution in [3.8, 4) is 5.75 Å². The molecule has 106 valence electrons. The molecule has 1 aliphatic heterocycles. The van der Waals surface area contributed by atoms with E-state index in [1.165, 1.54) is 16.0 Å². The van der Waals surface area contributed by atoms with E-state index in [1.807, 2.05) is 5.51 Å². The lowest BCUT2D eigenvalue weighted by atomic mass is 10.00. The van der Waals surface area contributed by atoms with Crippen molar-refractivity contribution >= 4 is 11.3 Å². The van der Waals surface area contributed by atoms with Crippen molar-refractivity contribution in [2.45, 2.75) is 32.7 Å².